The van der Waals surface area contributed by atoms with Gasteiger partial charge >= 0.3 is 11.9 Å². The summed E-state index contributed by atoms with van der Waals surface area (Å²) in [7, 11) is 0. The summed E-state index contributed by atoms with van der Waals surface area (Å²) in [6.45, 7) is 14.5. The molecule has 5 aliphatic carbocycles. The Labute approximate surface area is 380 Å². The van der Waals surface area contributed by atoms with Gasteiger partial charge in [0, 0.05) is 0 Å². The summed E-state index contributed by atoms with van der Waals surface area (Å²) in [4.78, 5) is 26.2. The summed E-state index contributed by atoms with van der Waals surface area (Å²) in [6.07, 6.45) is -14.9. The van der Waals surface area contributed by atoms with Crippen molar-refractivity contribution in [2.75, 3.05) is 13.2 Å². The Balaban J connectivity index is 1.06. The first-order valence-corrected chi connectivity index (χ1v) is 23.7. The topological polar surface area (TPSA) is 292 Å². The number of allylic oxidation sites excluding steroid dienone is 2. The van der Waals surface area contributed by atoms with Crippen molar-refractivity contribution in [3.63, 3.8) is 0 Å². The minimum atomic E-state index is -1.99. The SMILES string of the molecule is CC1(C)CC[C@]2(C(=O)O)CCC3(C)C(=CCC4[C@@]5(C)CCC(O[C@@H]6O[C@H](C(=O)O)[C@@H](O[C@@H]7O[C@@H](CO)[C@H](O)[C@H]7O)[C@H](O[C@@H]7O[C@H](CO)[C@@H](O)[C@H](O)[C@H]7O)[C@H]6O)C(C)(C)C5CC[C@]43C)C2C1. The number of carboxylic acids is 2. The zero-order valence-electron chi connectivity index (χ0n) is 38.7. The fraction of sp³-hybridized carbons (Fsp3) is 0.915. The maximum Gasteiger partial charge on any atom is 0.335 e. The highest BCUT2D eigenvalue weighted by Gasteiger charge is 2.70. The van der Waals surface area contributed by atoms with E-state index in [1.165, 1.54) is 5.57 Å². The van der Waals surface area contributed by atoms with E-state index < -0.39 is 128 Å². The van der Waals surface area contributed by atoms with Crippen LogP contribution in [0.1, 0.15) is 113 Å². The molecule has 0 radical (unpaired) electrons. The largest absolute Gasteiger partial charge is 0.481 e. The van der Waals surface area contributed by atoms with Gasteiger partial charge in [-0.1, -0.05) is 60.1 Å². The van der Waals surface area contributed by atoms with E-state index in [1.807, 2.05) is 0 Å². The lowest BCUT2D eigenvalue weighted by Gasteiger charge is -2.71. The van der Waals surface area contributed by atoms with Crippen LogP contribution in [-0.4, -0.2) is 168 Å². The van der Waals surface area contributed by atoms with Crippen molar-refractivity contribution in [2.45, 2.75) is 205 Å². The number of aliphatic carboxylic acids is 2. The molecule has 10 N–H and O–H groups in total. The van der Waals surface area contributed by atoms with Crippen molar-refractivity contribution in [3.05, 3.63) is 11.6 Å². The molecule has 3 heterocycles. The Morgan fingerprint density at radius 3 is 1.82 bits per heavy atom. The van der Waals surface area contributed by atoms with Crippen LogP contribution in [0.2, 0.25) is 0 Å². The van der Waals surface area contributed by atoms with Crippen LogP contribution in [0.3, 0.4) is 0 Å². The summed E-state index contributed by atoms with van der Waals surface area (Å²) in [6, 6.07) is 0. The van der Waals surface area contributed by atoms with Gasteiger partial charge in [-0.3, -0.25) is 4.79 Å². The lowest BCUT2D eigenvalue weighted by atomic mass is 9.33. The first kappa shape index (κ1) is 49.5. The number of ether oxygens (including phenoxy) is 6. The van der Waals surface area contributed by atoms with Gasteiger partial charge in [0.2, 0.25) is 0 Å². The third kappa shape index (κ3) is 7.67. The third-order valence-electron chi connectivity index (χ3n) is 19.0. The molecule has 0 aromatic rings. The van der Waals surface area contributed by atoms with E-state index in [1.54, 1.807) is 0 Å². The Morgan fingerprint density at radius 1 is 0.646 bits per heavy atom. The molecule has 8 rings (SSSR count). The van der Waals surface area contributed by atoms with Gasteiger partial charge in [0.15, 0.2) is 25.0 Å². The maximum atomic E-state index is 13.1. The molecule has 0 amide bonds. The fourth-order valence-corrected chi connectivity index (χ4v) is 14.9. The molecule has 3 saturated heterocycles. The molecule has 18 nitrogen and oxygen atoms in total. The molecule has 8 aliphatic rings. The molecule has 22 atom stereocenters. The molecule has 370 valence electrons. The van der Waals surface area contributed by atoms with E-state index in [4.69, 9.17) is 28.4 Å². The molecule has 7 fully saturated rings. The number of carboxylic acid groups (broad SMARTS) is 2. The molecule has 0 aromatic carbocycles. The number of aliphatic hydroxyl groups excluding tert-OH is 8. The van der Waals surface area contributed by atoms with Crippen LogP contribution in [0.25, 0.3) is 0 Å². The van der Waals surface area contributed by atoms with E-state index in [9.17, 15) is 60.7 Å². The quantitative estimate of drug-likeness (QED) is 0.110. The number of rotatable bonds is 10. The Kier molecular flexibility index (Phi) is 13.1. The lowest BCUT2D eigenvalue weighted by Crippen LogP contribution is -2.68. The smallest absolute Gasteiger partial charge is 0.335 e. The highest BCUT2D eigenvalue weighted by atomic mass is 16.8. The Hall–Kier alpha value is -1.88. The van der Waals surface area contributed by atoms with Crippen molar-refractivity contribution >= 4 is 11.9 Å². The zero-order chi connectivity index (χ0) is 47.6. The highest BCUT2D eigenvalue weighted by molar-refractivity contribution is 5.76. The van der Waals surface area contributed by atoms with Gasteiger partial charge in [0.1, 0.15) is 61.0 Å². The molecule has 0 aromatic heterocycles. The van der Waals surface area contributed by atoms with Gasteiger partial charge < -0.3 is 79.5 Å². The molecule has 65 heavy (non-hydrogen) atoms. The van der Waals surface area contributed by atoms with E-state index in [2.05, 4.69) is 54.5 Å². The third-order valence-corrected chi connectivity index (χ3v) is 19.0. The summed E-state index contributed by atoms with van der Waals surface area (Å²) in [5.41, 5.74) is -0.370. The van der Waals surface area contributed by atoms with Gasteiger partial charge in [-0.05, 0) is 109 Å². The van der Waals surface area contributed by atoms with Gasteiger partial charge in [0.25, 0.3) is 0 Å². The van der Waals surface area contributed by atoms with Crippen LogP contribution in [0.5, 0.6) is 0 Å². The maximum absolute atomic E-state index is 13.1. The molecule has 18 heteroatoms. The van der Waals surface area contributed by atoms with E-state index >= 15 is 0 Å². The average Bonchev–Trinajstić information content (AvgIpc) is 3.51. The number of fused-ring (bicyclic) bond motifs is 7. The zero-order valence-corrected chi connectivity index (χ0v) is 38.7. The van der Waals surface area contributed by atoms with Gasteiger partial charge in [-0.25, -0.2) is 4.79 Å². The Morgan fingerprint density at radius 2 is 1.22 bits per heavy atom. The van der Waals surface area contributed by atoms with Crippen molar-refractivity contribution in [1.29, 1.82) is 0 Å². The predicted octanol–water partition coefficient (Wildman–Crippen LogP) is 1.44. The summed E-state index contributed by atoms with van der Waals surface area (Å²) >= 11 is 0. The van der Waals surface area contributed by atoms with E-state index in [0.29, 0.717) is 19.3 Å². The molecule has 0 bridgehead atoms. The van der Waals surface area contributed by atoms with Crippen LogP contribution >= 0.6 is 0 Å². The first-order chi connectivity index (χ1) is 30.3. The highest BCUT2D eigenvalue weighted by Crippen LogP contribution is 2.76. The molecule has 3 aliphatic heterocycles. The summed E-state index contributed by atoms with van der Waals surface area (Å²) in [5, 5.41) is 106. The minimum absolute atomic E-state index is 0.0127. The number of hydrogen-bond acceptors (Lipinski definition) is 16. The predicted molar refractivity (Wildman–Crippen MR) is 225 cm³/mol. The minimum Gasteiger partial charge on any atom is -0.481 e. The second kappa shape index (κ2) is 17.2. The summed E-state index contributed by atoms with van der Waals surface area (Å²) < 4.78 is 35.8. The lowest BCUT2D eigenvalue weighted by molar-refractivity contribution is -0.378. The van der Waals surface area contributed by atoms with E-state index in [-0.39, 0.29) is 39.4 Å². The Bertz CT molecular complexity index is 1820. The van der Waals surface area contributed by atoms with Crippen molar-refractivity contribution in [1.82, 2.24) is 0 Å². The first-order valence-electron chi connectivity index (χ1n) is 23.7. The normalized spacial score (nSPS) is 52.6. The van der Waals surface area contributed by atoms with Gasteiger partial charge in [-0.2, -0.15) is 0 Å². The van der Waals surface area contributed by atoms with Crippen LogP contribution < -0.4 is 0 Å². The van der Waals surface area contributed by atoms with Crippen molar-refractivity contribution in [2.24, 2.45) is 50.2 Å². The molecular weight excluding hydrogens is 852 g/mol. The second-order valence-corrected chi connectivity index (χ2v) is 23.0. The number of carbonyl (C=O) groups is 2. The van der Waals surface area contributed by atoms with Gasteiger partial charge in [0.05, 0.1) is 24.7 Å². The number of aliphatic hydroxyl groups is 8. The fourth-order valence-electron chi connectivity index (χ4n) is 14.9. The second-order valence-electron chi connectivity index (χ2n) is 23.0. The monoisotopic (exact) mass is 926 g/mol. The summed E-state index contributed by atoms with van der Waals surface area (Å²) in [5.74, 6) is -1.89. The van der Waals surface area contributed by atoms with Crippen molar-refractivity contribution in [3.8, 4) is 0 Å². The van der Waals surface area contributed by atoms with E-state index in [0.717, 1.165) is 44.9 Å². The number of hydrogen-bond donors (Lipinski definition) is 10. The van der Waals surface area contributed by atoms with Crippen LogP contribution in [-0.2, 0) is 38.0 Å². The molecule has 4 saturated carbocycles. The molecular formula is C47H74O18. The molecule has 0 spiro atoms. The van der Waals surface area contributed by atoms with Crippen molar-refractivity contribution < 1.29 is 89.1 Å². The van der Waals surface area contributed by atoms with Crippen LogP contribution in [0, 0.1) is 50.2 Å². The molecule has 5 unspecified atom stereocenters. The standard InChI is InChI=1S/C47H74O18/c1-42(2)14-16-47(41(58)59)17-15-45(6)21(22(47)18-42)8-9-26-44(5)12-11-27(43(3,4)25(44)10-13-46(26,45)7)62-40-33(55)34(63-39-32(54)30(52)28(50)23(19-48)60-39)35(36(65-40)37(56)57)64-38-31(53)29(51)24(20-49)61-38/h8,22-36,38-40,48-55H,9-20H2,1-7H3,(H,56,57)(H,58,59)/t22?,23-,24+,25?,26?,27?,28-,29+,30+,31-,32-,33-,34-,35+,36+,38+,39+,40-,44+,45?,46-,47+/m1/s1. The average molecular weight is 927 g/mol. The van der Waals surface area contributed by atoms with Crippen LogP contribution in [0.15, 0.2) is 11.6 Å². The van der Waals surface area contributed by atoms with Crippen LogP contribution in [0.4, 0.5) is 0 Å². The van der Waals surface area contributed by atoms with Gasteiger partial charge in [-0.15, -0.1) is 0 Å².